The zero-order valence-electron chi connectivity index (χ0n) is 11.5. The first-order chi connectivity index (χ1) is 9.47. The van der Waals surface area contributed by atoms with E-state index in [0.29, 0.717) is 26.1 Å². The molecule has 0 amide bonds. The summed E-state index contributed by atoms with van der Waals surface area (Å²) in [7, 11) is 2.03. The molecule has 1 N–H and O–H groups in total. The van der Waals surface area contributed by atoms with Crippen molar-refractivity contribution in [1.29, 1.82) is 0 Å². The molecule has 0 saturated carbocycles. The van der Waals surface area contributed by atoms with E-state index in [1.165, 1.54) is 6.07 Å². The van der Waals surface area contributed by atoms with Crippen molar-refractivity contribution in [3.63, 3.8) is 0 Å². The summed E-state index contributed by atoms with van der Waals surface area (Å²) in [6.45, 7) is 1.17. The molecule has 2 heterocycles. The van der Waals surface area contributed by atoms with Crippen LogP contribution in [0.25, 0.3) is 0 Å². The van der Waals surface area contributed by atoms with E-state index < -0.39 is 17.2 Å². The molecule has 2 bridgehead atoms. The fourth-order valence-corrected chi connectivity index (χ4v) is 3.42. The summed E-state index contributed by atoms with van der Waals surface area (Å²) < 4.78 is 32.5. The Morgan fingerprint density at radius 2 is 1.95 bits per heavy atom. The molecule has 3 nitrogen and oxygen atoms in total. The third-order valence-electron chi connectivity index (χ3n) is 4.53. The smallest absolute Gasteiger partial charge is 0.126 e. The Labute approximate surface area is 117 Å². The summed E-state index contributed by atoms with van der Waals surface area (Å²) >= 11 is 0. The van der Waals surface area contributed by atoms with Gasteiger partial charge in [0.05, 0.1) is 18.8 Å². The van der Waals surface area contributed by atoms with Crippen molar-refractivity contribution in [2.45, 2.75) is 36.9 Å². The van der Waals surface area contributed by atoms with Crippen LogP contribution in [0.2, 0.25) is 0 Å². The summed E-state index contributed by atoms with van der Waals surface area (Å²) in [5.41, 5.74) is -0.740. The van der Waals surface area contributed by atoms with E-state index in [0.717, 1.165) is 12.1 Å². The zero-order valence-corrected chi connectivity index (χ0v) is 11.5. The van der Waals surface area contributed by atoms with Crippen molar-refractivity contribution in [3.05, 3.63) is 35.4 Å². The molecular formula is C15H19F2NO2. The van der Waals surface area contributed by atoms with Crippen molar-refractivity contribution in [2.24, 2.45) is 0 Å². The van der Waals surface area contributed by atoms with Crippen LogP contribution in [0.3, 0.4) is 0 Å². The van der Waals surface area contributed by atoms with Gasteiger partial charge in [-0.15, -0.1) is 0 Å². The SMILES string of the molecule is CN1C2COCC1CC(O)(Cc1cc(F)ccc1F)C2. The fraction of sp³-hybridized carbons (Fsp3) is 0.600. The van der Waals surface area contributed by atoms with E-state index in [2.05, 4.69) is 4.90 Å². The second kappa shape index (κ2) is 5.06. The van der Waals surface area contributed by atoms with E-state index in [9.17, 15) is 13.9 Å². The van der Waals surface area contributed by atoms with E-state index in [1.54, 1.807) is 0 Å². The lowest BCUT2D eigenvalue weighted by Crippen LogP contribution is -2.60. The van der Waals surface area contributed by atoms with Crippen LogP contribution in [0.1, 0.15) is 18.4 Å². The summed E-state index contributed by atoms with van der Waals surface area (Å²) in [4.78, 5) is 2.22. The number of fused-ring (bicyclic) bond motifs is 2. The maximum atomic E-state index is 13.7. The Kier molecular flexibility index (Phi) is 3.52. The van der Waals surface area contributed by atoms with Gasteiger partial charge in [0, 0.05) is 18.5 Å². The zero-order chi connectivity index (χ0) is 14.3. The lowest BCUT2D eigenvalue weighted by molar-refractivity contribution is -0.133. The minimum atomic E-state index is -0.986. The maximum absolute atomic E-state index is 13.7. The third-order valence-corrected chi connectivity index (χ3v) is 4.53. The quantitative estimate of drug-likeness (QED) is 0.897. The Balaban J connectivity index is 1.81. The number of benzene rings is 1. The highest BCUT2D eigenvalue weighted by atomic mass is 19.1. The van der Waals surface area contributed by atoms with Crippen LogP contribution in [-0.2, 0) is 11.2 Å². The predicted molar refractivity (Wildman–Crippen MR) is 70.4 cm³/mol. The highest BCUT2D eigenvalue weighted by molar-refractivity contribution is 5.21. The molecule has 5 heteroatoms. The van der Waals surface area contributed by atoms with Crippen molar-refractivity contribution in [1.82, 2.24) is 4.90 Å². The number of hydrogen-bond acceptors (Lipinski definition) is 3. The molecule has 0 aromatic heterocycles. The third kappa shape index (κ3) is 2.57. The van der Waals surface area contributed by atoms with Crippen molar-refractivity contribution in [3.8, 4) is 0 Å². The minimum absolute atomic E-state index is 0.143. The molecule has 0 spiro atoms. The molecule has 20 heavy (non-hydrogen) atoms. The van der Waals surface area contributed by atoms with Gasteiger partial charge in [-0.2, -0.15) is 0 Å². The molecule has 1 aromatic carbocycles. The lowest BCUT2D eigenvalue weighted by Gasteiger charge is -2.50. The van der Waals surface area contributed by atoms with Gasteiger partial charge >= 0.3 is 0 Å². The van der Waals surface area contributed by atoms with Gasteiger partial charge in [0.2, 0.25) is 0 Å². The van der Waals surface area contributed by atoms with E-state index in [-0.39, 0.29) is 24.1 Å². The van der Waals surface area contributed by atoms with Crippen LogP contribution in [0.4, 0.5) is 8.78 Å². The van der Waals surface area contributed by atoms with Gasteiger partial charge in [0.1, 0.15) is 11.6 Å². The molecule has 3 rings (SSSR count). The molecular weight excluding hydrogens is 264 g/mol. The van der Waals surface area contributed by atoms with Gasteiger partial charge in [-0.25, -0.2) is 8.78 Å². The molecule has 0 radical (unpaired) electrons. The van der Waals surface area contributed by atoms with Crippen LogP contribution in [0, 0.1) is 11.6 Å². The number of rotatable bonds is 2. The van der Waals surface area contributed by atoms with Crippen molar-refractivity contribution >= 4 is 0 Å². The van der Waals surface area contributed by atoms with Gasteiger partial charge in [-0.3, -0.25) is 4.90 Å². The van der Waals surface area contributed by atoms with Gasteiger partial charge in [-0.1, -0.05) is 0 Å². The first kappa shape index (κ1) is 13.9. The number of nitrogens with zero attached hydrogens (tertiary/aromatic N) is 1. The van der Waals surface area contributed by atoms with Crippen LogP contribution < -0.4 is 0 Å². The standard InChI is InChI=1S/C15H19F2NO2/c1-18-12-6-15(19,7-13(18)9-20-8-12)5-10-4-11(16)2-3-14(10)17/h2-4,12-13,19H,5-9H2,1H3. The Bertz CT molecular complexity index is 495. The second-order valence-electron chi connectivity index (χ2n) is 6.06. The first-order valence-corrected chi connectivity index (χ1v) is 6.93. The van der Waals surface area contributed by atoms with Gasteiger partial charge in [0.25, 0.3) is 0 Å². The summed E-state index contributed by atoms with van der Waals surface area (Å²) in [6.07, 6.45) is 1.20. The average molecular weight is 283 g/mol. The van der Waals surface area contributed by atoms with Crippen LogP contribution >= 0.6 is 0 Å². The topological polar surface area (TPSA) is 32.7 Å². The van der Waals surface area contributed by atoms with Crippen molar-refractivity contribution < 1.29 is 18.6 Å². The highest BCUT2D eigenvalue weighted by Crippen LogP contribution is 2.36. The normalized spacial score (nSPS) is 34.2. The molecule has 0 aliphatic carbocycles. The first-order valence-electron chi connectivity index (χ1n) is 6.93. The van der Waals surface area contributed by atoms with Crippen LogP contribution in [0.5, 0.6) is 0 Å². The van der Waals surface area contributed by atoms with Crippen LogP contribution in [0.15, 0.2) is 18.2 Å². The number of hydrogen-bond donors (Lipinski definition) is 1. The number of aliphatic hydroxyl groups is 1. The number of halogens is 2. The molecule has 2 atom stereocenters. The summed E-state index contributed by atoms with van der Waals surface area (Å²) in [5.74, 6) is -0.929. The maximum Gasteiger partial charge on any atom is 0.126 e. The molecule has 2 aliphatic rings. The predicted octanol–water partition coefficient (Wildman–Crippen LogP) is 1.73. The van der Waals surface area contributed by atoms with Gasteiger partial charge in [0.15, 0.2) is 0 Å². The van der Waals surface area contributed by atoms with Crippen LogP contribution in [-0.4, -0.2) is 48.0 Å². The average Bonchev–Trinajstić information content (AvgIpc) is 2.36. The van der Waals surface area contributed by atoms with E-state index in [1.807, 2.05) is 7.05 Å². The Hall–Kier alpha value is -1.04. The van der Waals surface area contributed by atoms with Gasteiger partial charge < -0.3 is 9.84 Å². The summed E-state index contributed by atoms with van der Waals surface area (Å²) in [6, 6.07) is 3.68. The second-order valence-corrected chi connectivity index (χ2v) is 6.06. The minimum Gasteiger partial charge on any atom is -0.389 e. The molecule has 2 saturated heterocycles. The molecule has 2 fully saturated rings. The number of morpholine rings is 1. The monoisotopic (exact) mass is 283 g/mol. The number of piperidine rings is 1. The summed E-state index contributed by atoms with van der Waals surface area (Å²) in [5, 5.41) is 10.8. The lowest BCUT2D eigenvalue weighted by atomic mass is 9.78. The molecule has 1 aromatic rings. The Morgan fingerprint density at radius 1 is 1.30 bits per heavy atom. The van der Waals surface area contributed by atoms with E-state index in [4.69, 9.17) is 4.74 Å². The molecule has 2 unspecified atom stereocenters. The fourth-order valence-electron chi connectivity index (χ4n) is 3.42. The highest BCUT2D eigenvalue weighted by Gasteiger charge is 2.44. The Morgan fingerprint density at radius 3 is 2.60 bits per heavy atom. The largest absolute Gasteiger partial charge is 0.389 e. The van der Waals surface area contributed by atoms with Crippen molar-refractivity contribution in [2.75, 3.05) is 20.3 Å². The van der Waals surface area contributed by atoms with Gasteiger partial charge in [-0.05, 0) is 43.7 Å². The van der Waals surface area contributed by atoms with E-state index >= 15 is 0 Å². The molecule has 110 valence electrons. The number of ether oxygens (including phenoxy) is 1. The number of likely N-dealkylation sites (N-methyl/N-ethyl adjacent to an activating group) is 1. The molecule has 2 aliphatic heterocycles.